The van der Waals surface area contributed by atoms with Gasteiger partial charge in [-0.05, 0) is 29.8 Å². The topological polar surface area (TPSA) is 26.0 Å². The SMILES string of the molecule is Nc1cc(C(F)(F)F)ccc1SCc1cccc(Cl)c1F. The third-order valence-electron chi connectivity index (χ3n) is 2.75. The van der Waals surface area contributed by atoms with Gasteiger partial charge in [0.05, 0.1) is 10.6 Å². The van der Waals surface area contributed by atoms with Gasteiger partial charge in [-0.25, -0.2) is 4.39 Å². The first-order valence-electron chi connectivity index (χ1n) is 5.81. The molecule has 0 spiro atoms. The van der Waals surface area contributed by atoms with Crippen molar-refractivity contribution in [3.63, 3.8) is 0 Å². The van der Waals surface area contributed by atoms with E-state index in [9.17, 15) is 17.6 Å². The number of nitrogen functional groups attached to an aromatic ring is 1. The molecule has 0 aliphatic carbocycles. The minimum Gasteiger partial charge on any atom is -0.398 e. The monoisotopic (exact) mass is 335 g/mol. The Morgan fingerprint density at radius 1 is 1.14 bits per heavy atom. The summed E-state index contributed by atoms with van der Waals surface area (Å²) in [7, 11) is 0. The fraction of sp³-hybridized carbons (Fsp3) is 0.143. The molecule has 21 heavy (non-hydrogen) atoms. The summed E-state index contributed by atoms with van der Waals surface area (Å²) in [6, 6.07) is 7.71. The van der Waals surface area contributed by atoms with Crippen molar-refractivity contribution in [3.8, 4) is 0 Å². The Morgan fingerprint density at radius 3 is 2.48 bits per heavy atom. The van der Waals surface area contributed by atoms with Gasteiger partial charge in [0.2, 0.25) is 0 Å². The minimum absolute atomic E-state index is 0.00786. The number of halogens is 5. The molecule has 0 saturated carbocycles. The Bertz CT molecular complexity index is 658. The highest BCUT2D eigenvalue weighted by Crippen LogP contribution is 2.35. The van der Waals surface area contributed by atoms with Crippen LogP contribution < -0.4 is 5.73 Å². The van der Waals surface area contributed by atoms with Crippen LogP contribution in [0.4, 0.5) is 23.2 Å². The second kappa shape index (κ2) is 6.15. The molecule has 0 unspecified atom stereocenters. The van der Waals surface area contributed by atoms with Gasteiger partial charge in [-0.3, -0.25) is 0 Å². The Morgan fingerprint density at radius 2 is 1.86 bits per heavy atom. The molecule has 0 aliphatic rings. The number of hydrogen-bond donors (Lipinski definition) is 1. The number of hydrogen-bond acceptors (Lipinski definition) is 2. The maximum Gasteiger partial charge on any atom is 0.416 e. The fourth-order valence-electron chi connectivity index (χ4n) is 1.67. The van der Waals surface area contributed by atoms with Crippen LogP contribution >= 0.6 is 23.4 Å². The van der Waals surface area contributed by atoms with Crippen LogP contribution in [0.15, 0.2) is 41.3 Å². The first kappa shape index (κ1) is 16.0. The van der Waals surface area contributed by atoms with Crippen LogP contribution in [0, 0.1) is 5.82 Å². The third kappa shape index (κ3) is 3.83. The summed E-state index contributed by atoms with van der Waals surface area (Å²) in [5.41, 5.74) is 5.18. The van der Waals surface area contributed by atoms with Crippen molar-refractivity contribution in [1.29, 1.82) is 0 Å². The van der Waals surface area contributed by atoms with Gasteiger partial charge in [0, 0.05) is 16.3 Å². The molecule has 0 aliphatic heterocycles. The van der Waals surface area contributed by atoms with Gasteiger partial charge in [0.25, 0.3) is 0 Å². The van der Waals surface area contributed by atoms with Crippen molar-refractivity contribution < 1.29 is 17.6 Å². The first-order chi connectivity index (χ1) is 9.79. The van der Waals surface area contributed by atoms with E-state index in [0.717, 1.165) is 23.9 Å². The summed E-state index contributed by atoms with van der Waals surface area (Å²) in [6.45, 7) is 0. The summed E-state index contributed by atoms with van der Waals surface area (Å²) < 4.78 is 51.3. The zero-order chi connectivity index (χ0) is 15.6. The molecule has 2 aromatic carbocycles. The van der Waals surface area contributed by atoms with Crippen molar-refractivity contribution in [1.82, 2.24) is 0 Å². The van der Waals surface area contributed by atoms with Crippen LogP contribution in [-0.2, 0) is 11.9 Å². The highest BCUT2D eigenvalue weighted by Gasteiger charge is 2.30. The molecule has 1 nitrogen and oxygen atoms in total. The number of benzene rings is 2. The molecule has 2 aromatic rings. The fourth-order valence-corrected chi connectivity index (χ4v) is 2.79. The number of rotatable bonds is 3. The predicted octanol–water partition coefficient (Wildman–Crippen LogP) is 5.37. The third-order valence-corrected chi connectivity index (χ3v) is 4.18. The molecule has 112 valence electrons. The molecule has 2 rings (SSSR count). The highest BCUT2D eigenvalue weighted by molar-refractivity contribution is 7.98. The van der Waals surface area contributed by atoms with Gasteiger partial charge >= 0.3 is 6.18 Å². The van der Waals surface area contributed by atoms with Gasteiger partial charge in [0.15, 0.2) is 0 Å². The predicted molar refractivity (Wildman–Crippen MR) is 76.8 cm³/mol. The molecule has 0 saturated heterocycles. The van der Waals surface area contributed by atoms with Crippen LogP contribution in [0.1, 0.15) is 11.1 Å². The zero-order valence-corrected chi connectivity index (χ0v) is 12.1. The first-order valence-corrected chi connectivity index (χ1v) is 7.18. The van der Waals surface area contributed by atoms with Crippen LogP contribution in [-0.4, -0.2) is 0 Å². The van der Waals surface area contributed by atoms with Crippen molar-refractivity contribution in [2.45, 2.75) is 16.8 Å². The number of alkyl halides is 3. The number of anilines is 1. The molecule has 0 radical (unpaired) electrons. The van der Waals surface area contributed by atoms with E-state index in [-0.39, 0.29) is 16.5 Å². The normalized spacial score (nSPS) is 11.7. The summed E-state index contributed by atoms with van der Waals surface area (Å²) in [4.78, 5) is 0.461. The molecule has 0 aromatic heterocycles. The molecular formula is C14H10ClF4NS. The lowest BCUT2D eigenvalue weighted by Gasteiger charge is -2.11. The lowest BCUT2D eigenvalue weighted by Crippen LogP contribution is -2.05. The van der Waals surface area contributed by atoms with Crippen molar-refractivity contribution >= 4 is 29.1 Å². The lowest BCUT2D eigenvalue weighted by atomic mass is 10.2. The molecule has 0 fully saturated rings. The molecule has 7 heteroatoms. The van der Waals surface area contributed by atoms with Gasteiger partial charge < -0.3 is 5.73 Å². The van der Waals surface area contributed by atoms with Crippen molar-refractivity contribution in [2.75, 3.05) is 5.73 Å². The van der Waals surface area contributed by atoms with E-state index in [0.29, 0.717) is 10.5 Å². The average molecular weight is 336 g/mol. The Hall–Kier alpha value is -1.40. The quantitative estimate of drug-likeness (QED) is 0.463. The lowest BCUT2D eigenvalue weighted by molar-refractivity contribution is -0.137. The van der Waals surface area contributed by atoms with E-state index in [4.69, 9.17) is 17.3 Å². The van der Waals surface area contributed by atoms with E-state index >= 15 is 0 Å². The largest absolute Gasteiger partial charge is 0.416 e. The maximum atomic E-state index is 13.7. The van der Waals surface area contributed by atoms with Gasteiger partial charge in [-0.2, -0.15) is 13.2 Å². The molecule has 0 bridgehead atoms. The van der Waals surface area contributed by atoms with Crippen molar-refractivity contribution in [2.24, 2.45) is 0 Å². The summed E-state index contributed by atoms with van der Waals surface area (Å²) >= 11 is 6.82. The van der Waals surface area contributed by atoms with E-state index in [1.807, 2.05) is 0 Å². The summed E-state index contributed by atoms with van der Waals surface area (Å²) in [6.07, 6.45) is -4.43. The Kier molecular flexibility index (Phi) is 4.68. The molecule has 0 heterocycles. The Labute approximate surface area is 128 Å². The van der Waals surface area contributed by atoms with Crippen LogP contribution in [0.25, 0.3) is 0 Å². The summed E-state index contributed by atoms with van der Waals surface area (Å²) in [5, 5.41) is 0.00786. The van der Waals surface area contributed by atoms with E-state index in [1.165, 1.54) is 12.1 Å². The molecule has 2 N–H and O–H groups in total. The molecular weight excluding hydrogens is 326 g/mol. The number of nitrogens with two attached hydrogens (primary N) is 1. The van der Waals surface area contributed by atoms with E-state index in [2.05, 4.69) is 0 Å². The minimum atomic E-state index is -4.43. The van der Waals surface area contributed by atoms with Crippen LogP contribution in [0.3, 0.4) is 0 Å². The van der Waals surface area contributed by atoms with Gasteiger partial charge in [0.1, 0.15) is 5.82 Å². The highest BCUT2D eigenvalue weighted by atomic mass is 35.5. The smallest absolute Gasteiger partial charge is 0.398 e. The maximum absolute atomic E-state index is 13.7. The van der Waals surface area contributed by atoms with Crippen LogP contribution in [0.2, 0.25) is 5.02 Å². The Balaban J connectivity index is 2.16. The second-order valence-electron chi connectivity index (χ2n) is 4.25. The molecule has 0 atom stereocenters. The van der Waals surface area contributed by atoms with Crippen LogP contribution in [0.5, 0.6) is 0 Å². The summed E-state index contributed by atoms with van der Waals surface area (Å²) in [5.74, 6) is -0.306. The zero-order valence-electron chi connectivity index (χ0n) is 10.5. The second-order valence-corrected chi connectivity index (χ2v) is 5.68. The van der Waals surface area contributed by atoms with Crippen molar-refractivity contribution in [3.05, 3.63) is 58.4 Å². The van der Waals surface area contributed by atoms with Gasteiger partial charge in [-0.15, -0.1) is 11.8 Å². The van der Waals surface area contributed by atoms with E-state index in [1.54, 1.807) is 12.1 Å². The standard InChI is InChI=1S/C14H10ClF4NS/c15-10-3-1-2-8(13(10)16)7-21-12-5-4-9(6-11(12)20)14(17,18)19/h1-6H,7,20H2. The van der Waals surface area contributed by atoms with Gasteiger partial charge in [-0.1, -0.05) is 23.7 Å². The van der Waals surface area contributed by atoms with E-state index < -0.39 is 17.6 Å². The number of thioether (sulfide) groups is 1. The molecule has 0 amide bonds. The average Bonchev–Trinajstić information content (AvgIpc) is 2.40.